The number of carbonyl (C=O) groups excluding carboxylic acids is 1. The second kappa shape index (κ2) is 11.3. The summed E-state index contributed by atoms with van der Waals surface area (Å²) in [6, 6.07) is 9.37. The van der Waals surface area contributed by atoms with Crippen molar-refractivity contribution in [1.29, 1.82) is 0 Å². The van der Waals surface area contributed by atoms with Crippen LogP contribution in [0.15, 0.2) is 55.1 Å². The van der Waals surface area contributed by atoms with E-state index in [9.17, 15) is 18.0 Å². The van der Waals surface area contributed by atoms with Crippen molar-refractivity contribution in [2.45, 2.75) is 38.5 Å². The molecule has 0 saturated carbocycles. The fourth-order valence-corrected chi connectivity index (χ4v) is 5.45. The molecule has 0 radical (unpaired) electrons. The second-order valence-electron chi connectivity index (χ2n) is 10.6. The molecule has 1 fully saturated rings. The predicted octanol–water partition coefficient (Wildman–Crippen LogP) is 5.01. The molecule has 10 heteroatoms. The third-order valence-corrected chi connectivity index (χ3v) is 7.50. The molecule has 2 aliphatic heterocycles. The van der Waals surface area contributed by atoms with E-state index in [1.54, 1.807) is 24.5 Å². The molecule has 0 unspecified atom stereocenters. The third kappa shape index (κ3) is 6.57. The second-order valence-corrected chi connectivity index (χ2v) is 10.6. The first kappa shape index (κ1) is 27.1. The van der Waals surface area contributed by atoms with Gasteiger partial charge in [0.15, 0.2) is 0 Å². The number of nitrogens with zero attached hydrogens (tertiary/aromatic N) is 5. The van der Waals surface area contributed by atoms with Crippen molar-refractivity contribution in [3.05, 3.63) is 82.9 Å². The van der Waals surface area contributed by atoms with Crippen molar-refractivity contribution < 1.29 is 18.0 Å². The quantitative estimate of drug-likeness (QED) is 0.493. The van der Waals surface area contributed by atoms with Crippen molar-refractivity contribution in [3.8, 4) is 0 Å². The Morgan fingerprint density at radius 3 is 2.62 bits per heavy atom. The number of amides is 1. The summed E-state index contributed by atoms with van der Waals surface area (Å²) >= 11 is 0. The highest BCUT2D eigenvalue weighted by Crippen LogP contribution is 2.34. The number of alkyl halides is 3. The molecular weight excluding hydrogens is 505 g/mol. The number of halogens is 3. The normalized spacial score (nSPS) is 18.9. The molecule has 5 rings (SSSR count). The lowest BCUT2D eigenvalue weighted by Crippen LogP contribution is -2.33. The Morgan fingerprint density at radius 2 is 1.85 bits per heavy atom. The van der Waals surface area contributed by atoms with Gasteiger partial charge in [-0.1, -0.05) is 13.0 Å². The van der Waals surface area contributed by atoms with Gasteiger partial charge in [0.25, 0.3) is 5.91 Å². The Kier molecular flexibility index (Phi) is 7.86. The van der Waals surface area contributed by atoms with Crippen LogP contribution in [0.1, 0.15) is 51.9 Å². The molecule has 206 valence electrons. The Bertz CT molecular complexity index is 1320. The van der Waals surface area contributed by atoms with E-state index in [2.05, 4.69) is 44.0 Å². The summed E-state index contributed by atoms with van der Waals surface area (Å²) in [5, 5.41) is 2.73. The monoisotopic (exact) mass is 538 g/mol. The van der Waals surface area contributed by atoms with Crippen LogP contribution in [0.5, 0.6) is 0 Å². The Labute approximate surface area is 226 Å². The SMILES string of the molecule is C[C@H]1CN(c2cncnc2)Cc2cc(C(=O)Nc3cc(CN4CCCN(C)CC4)cc(C(F)(F)F)c3)ccc21. The summed E-state index contributed by atoms with van der Waals surface area (Å²) in [6.45, 7) is 7.36. The van der Waals surface area contributed by atoms with Gasteiger partial charge in [-0.25, -0.2) is 9.97 Å². The summed E-state index contributed by atoms with van der Waals surface area (Å²) in [5.41, 5.74) is 3.38. The molecule has 1 atom stereocenters. The number of fused-ring (bicyclic) bond motifs is 1. The summed E-state index contributed by atoms with van der Waals surface area (Å²) in [6.07, 6.45) is 1.46. The fourth-order valence-electron chi connectivity index (χ4n) is 5.45. The van der Waals surface area contributed by atoms with E-state index in [0.717, 1.165) is 62.0 Å². The van der Waals surface area contributed by atoms with E-state index in [1.165, 1.54) is 12.4 Å². The predicted molar refractivity (Wildman–Crippen MR) is 145 cm³/mol. The minimum Gasteiger partial charge on any atom is -0.364 e. The van der Waals surface area contributed by atoms with E-state index in [1.807, 2.05) is 12.1 Å². The number of likely N-dealkylation sites (N-methyl/N-ethyl adjacent to an activating group) is 1. The first-order chi connectivity index (χ1) is 18.7. The molecule has 7 nitrogen and oxygen atoms in total. The number of hydrogen-bond acceptors (Lipinski definition) is 6. The number of benzene rings is 2. The lowest BCUT2D eigenvalue weighted by Gasteiger charge is -2.34. The van der Waals surface area contributed by atoms with Crippen LogP contribution in [-0.4, -0.2) is 65.4 Å². The Hall–Kier alpha value is -3.50. The minimum atomic E-state index is -4.51. The van der Waals surface area contributed by atoms with Gasteiger partial charge in [0.2, 0.25) is 0 Å². The molecule has 3 heterocycles. The van der Waals surface area contributed by atoms with Crippen LogP contribution < -0.4 is 10.2 Å². The zero-order valence-corrected chi connectivity index (χ0v) is 22.2. The zero-order chi connectivity index (χ0) is 27.6. The number of aromatic nitrogens is 2. The lowest BCUT2D eigenvalue weighted by atomic mass is 9.89. The van der Waals surface area contributed by atoms with E-state index in [-0.39, 0.29) is 11.6 Å². The van der Waals surface area contributed by atoms with Gasteiger partial charge in [-0.2, -0.15) is 13.2 Å². The van der Waals surface area contributed by atoms with Crippen molar-refractivity contribution in [2.75, 3.05) is 50.0 Å². The molecule has 2 aliphatic rings. The van der Waals surface area contributed by atoms with Gasteiger partial charge in [-0.15, -0.1) is 0 Å². The number of rotatable bonds is 5. The van der Waals surface area contributed by atoms with Crippen molar-refractivity contribution in [1.82, 2.24) is 19.8 Å². The largest absolute Gasteiger partial charge is 0.416 e. The average molecular weight is 539 g/mol. The van der Waals surface area contributed by atoms with Crippen LogP contribution in [0, 0.1) is 0 Å². The highest BCUT2D eigenvalue weighted by molar-refractivity contribution is 6.04. The lowest BCUT2D eigenvalue weighted by molar-refractivity contribution is -0.137. The first-order valence-electron chi connectivity index (χ1n) is 13.2. The van der Waals surface area contributed by atoms with E-state index in [0.29, 0.717) is 24.2 Å². The molecule has 0 bridgehead atoms. The number of nitrogens with one attached hydrogen (secondary N) is 1. The van der Waals surface area contributed by atoms with Crippen LogP contribution >= 0.6 is 0 Å². The summed E-state index contributed by atoms with van der Waals surface area (Å²) < 4.78 is 41.3. The highest BCUT2D eigenvalue weighted by atomic mass is 19.4. The van der Waals surface area contributed by atoms with Crippen molar-refractivity contribution in [2.24, 2.45) is 0 Å². The van der Waals surface area contributed by atoms with E-state index in [4.69, 9.17) is 0 Å². The maximum atomic E-state index is 13.8. The van der Waals surface area contributed by atoms with E-state index < -0.39 is 17.6 Å². The molecule has 0 aliphatic carbocycles. The van der Waals surface area contributed by atoms with Gasteiger partial charge >= 0.3 is 6.18 Å². The molecule has 1 N–H and O–H groups in total. The van der Waals surface area contributed by atoms with Gasteiger partial charge in [0.05, 0.1) is 23.6 Å². The van der Waals surface area contributed by atoms with Gasteiger partial charge in [-0.05, 0) is 79.5 Å². The van der Waals surface area contributed by atoms with Gasteiger partial charge < -0.3 is 15.1 Å². The fraction of sp³-hybridized carbons (Fsp3) is 0.414. The number of anilines is 2. The molecule has 0 spiro atoms. The molecule has 39 heavy (non-hydrogen) atoms. The van der Waals surface area contributed by atoms with Gasteiger partial charge in [-0.3, -0.25) is 9.69 Å². The third-order valence-electron chi connectivity index (χ3n) is 7.50. The zero-order valence-electron chi connectivity index (χ0n) is 22.2. The van der Waals surface area contributed by atoms with Crippen LogP contribution in [-0.2, 0) is 19.3 Å². The Morgan fingerprint density at radius 1 is 1.05 bits per heavy atom. The van der Waals surface area contributed by atoms with Crippen molar-refractivity contribution in [3.63, 3.8) is 0 Å². The first-order valence-corrected chi connectivity index (χ1v) is 13.2. The standard InChI is InChI=1S/C29H33F3N6O/c1-20-16-38(26-14-33-19-34-15-26)18-23-12-22(4-5-27(20)23)28(39)35-25-11-21(10-24(13-25)29(30,31)32)17-37-7-3-6-36(2)8-9-37/h4-5,10-15,19-20H,3,6-9,16-18H2,1-2H3,(H,35,39)/t20-/m0/s1. The Balaban J connectivity index is 1.36. The smallest absolute Gasteiger partial charge is 0.364 e. The van der Waals surface area contributed by atoms with Crippen LogP contribution in [0.2, 0.25) is 0 Å². The van der Waals surface area contributed by atoms with Crippen LogP contribution in [0.25, 0.3) is 0 Å². The van der Waals surface area contributed by atoms with Crippen LogP contribution in [0.3, 0.4) is 0 Å². The summed E-state index contributed by atoms with van der Waals surface area (Å²) in [7, 11) is 2.05. The van der Waals surface area contributed by atoms with E-state index >= 15 is 0 Å². The minimum absolute atomic E-state index is 0.144. The molecular formula is C29H33F3N6O. The molecule has 2 aromatic carbocycles. The highest BCUT2D eigenvalue weighted by Gasteiger charge is 2.32. The van der Waals surface area contributed by atoms with Gasteiger partial charge in [0.1, 0.15) is 6.33 Å². The maximum Gasteiger partial charge on any atom is 0.416 e. The molecule has 1 amide bonds. The number of carbonyl (C=O) groups is 1. The number of hydrogen-bond donors (Lipinski definition) is 1. The summed E-state index contributed by atoms with van der Waals surface area (Å²) in [5.74, 6) is -0.205. The molecule has 3 aromatic rings. The van der Waals surface area contributed by atoms with Crippen molar-refractivity contribution >= 4 is 17.3 Å². The van der Waals surface area contributed by atoms with Gasteiger partial charge in [0, 0.05) is 44.0 Å². The topological polar surface area (TPSA) is 64.6 Å². The molecule has 1 saturated heterocycles. The van der Waals surface area contributed by atoms with Crippen LogP contribution in [0.4, 0.5) is 24.5 Å². The molecule has 1 aromatic heterocycles. The average Bonchev–Trinajstić information content (AvgIpc) is 3.11. The maximum absolute atomic E-state index is 13.8. The summed E-state index contributed by atoms with van der Waals surface area (Å²) in [4.78, 5) is 28.0.